The fraction of sp³-hybridized carbons (Fsp3) is 0.800. The Morgan fingerprint density at radius 3 is 2.79 bits per heavy atom. The Morgan fingerprint density at radius 1 is 1.64 bits per heavy atom. The number of hydrogen-bond donors (Lipinski definition) is 0. The van der Waals surface area contributed by atoms with Crippen molar-refractivity contribution >= 4 is 27.7 Å². The molecular formula is C10H15BrO3. The van der Waals surface area contributed by atoms with Gasteiger partial charge in [-0.25, -0.2) is 0 Å². The molecule has 0 aromatic rings. The highest BCUT2D eigenvalue weighted by Crippen LogP contribution is 2.39. The summed E-state index contributed by atoms with van der Waals surface area (Å²) in [5.74, 6) is -0.280. The lowest BCUT2D eigenvalue weighted by molar-refractivity contribution is -0.158. The van der Waals surface area contributed by atoms with Crippen LogP contribution < -0.4 is 0 Å². The second-order valence-electron chi connectivity index (χ2n) is 3.52. The number of halogens is 1. The third-order valence-corrected chi connectivity index (χ3v) is 3.13. The fourth-order valence-corrected chi connectivity index (χ4v) is 2.62. The van der Waals surface area contributed by atoms with E-state index in [2.05, 4.69) is 15.9 Å². The molecule has 0 aromatic heterocycles. The minimum Gasteiger partial charge on any atom is -0.465 e. The van der Waals surface area contributed by atoms with Crippen molar-refractivity contribution in [3.05, 3.63) is 0 Å². The lowest BCUT2D eigenvalue weighted by Gasteiger charge is -2.23. The van der Waals surface area contributed by atoms with Crippen LogP contribution in [0.5, 0.6) is 0 Å². The average Bonchev–Trinajstić information content (AvgIpc) is 2.50. The highest BCUT2D eigenvalue weighted by molar-refractivity contribution is 9.09. The molecule has 1 rings (SSSR count). The van der Waals surface area contributed by atoms with E-state index in [1.807, 2.05) is 0 Å². The van der Waals surface area contributed by atoms with Gasteiger partial charge in [-0.1, -0.05) is 15.9 Å². The van der Waals surface area contributed by atoms with Crippen molar-refractivity contribution < 1.29 is 14.3 Å². The van der Waals surface area contributed by atoms with Crippen molar-refractivity contribution in [2.24, 2.45) is 5.41 Å². The van der Waals surface area contributed by atoms with E-state index in [-0.39, 0.29) is 11.8 Å². The van der Waals surface area contributed by atoms with Gasteiger partial charge < -0.3 is 4.74 Å². The lowest BCUT2D eigenvalue weighted by atomic mass is 9.82. The Bertz CT molecular complexity index is 240. The summed E-state index contributed by atoms with van der Waals surface area (Å²) >= 11 is 3.28. The number of esters is 1. The van der Waals surface area contributed by atoms with E-state index in [1.54, 1.807) is 6.92 Å². The summed E-state index contributed by atoms with van der Waals surface area (Å²) in [6.45, 7) is 2.11. The van der Waals surface area contributed by atoms with E-state index in [1.165, 1.54) is 0 Å². The zero-order chi connectivity index (χ0) is 10.6. The summed E-state index contributed by atoms with van der Waals surface area (Å²) < 4.78 is 4.97. The van der Waals surface area contributed by atoms with Crippen LogP contribution >= 0.6 is 15.9 Å². The Kier molecular flexibility index (Phi) is 4.11. The first-order chi connectivity index (χ1) is 6.67. The maximum Gasteiger partial charge on any atom is 0.319 e. The van der Waals surface area contributed by atoms with E-state index < -0.39 is 5.41 Å². The van der Waals surface area contributed by atoms with Crippen molar-refractivity contribution in [2.75, 3.05) is 11.9 Å². The standard InChI is InChI=1S/C10H15BrO3/c1-2-14-9(13)10(6-7-11)5-3-4-8(10)12/h2-7H2,1H3/t10-/m1/s1. The quantitative estimate of drug-likeness (QED) is 0.443. The molecule has 0 aliphatic heterocycles. The summed E-state index contributed by atoms with van der Waals surface area (Å²) in [5, 5.41) is 0.664. The molecule has 14 heavy (non-hydrogen) atoms. The van der Waals surface area contributed by atoms with E-state index >= 15 is 0 Å². The molecule has 0 amide bonds. The van der Waals surface area contributed by atoms with E-state index in [9.17, 15) is 9.59 Å². The van der Waals surface area contributed by atoms with Gasteiger partial charge in [0.2, 0.25) is 0 Å². The molecule has 0 unspecified atom stereocenters. The molecule has 80 valence electrons. The van der Waals surface area contributed by atoms with Gasteiger partial charge >= 0.3 is 5.97 Å². The maximum atomic E-state index is 11.7. The van der Waals surface area contributed by atoms with Gasteiger partial charge in [0.15, 0.2) is 0 Å². The molecule has 1 aliphatic carbocycles. The second-order valence-corrected chi connectivity index (χ2v) is 4.31. The predicted octanol–water partition coefficient (Wildman–Crippen LogP) is 2.07. The molecule has 1 aliphatic rings. The first kappa shape index (κ1) is 11.7. The third kappa shape index (κ3) is 2.00. The molecule has 3 nitrogen and oxygen atoms in total. The van der Waals surface area contributed by atoms with Crippen LogP contribution in [0.3, 0.4) is 0 Å². The minimum absolute atomic E-state index is 0.0513. The number of alkyl halides is 1. The van der Waals surface area contributed by atoms with E-state index in [0.717, 1.165) is 6.42 Å². The molecule has 0 spiro atoms. The highest BCUT2D eigenvalue weighted by atomic mass is 79.9. The Labute approximate surface area is 92.3 Å². The first-order valence-corrected chi connectivity index (χ1v) is 6.06. The molecule has 0 heterocycles. The zero-order valence-electron chi connectivity index (χ0n) is 8.35. The van der Waals surface area contributed by atoms with Gasteiger partial charge in [-0.05, 0) is 26.2 Å². The highest BCUT2D eigenvalue weighted by Gasteiger charge is 2.48. The van der Waals surface area contributed by atoms with Crippen LogP contribution in [0.15, 0.2) is 0 Å². The van der Waals surface area contributed by atoms with Crippen molar-refractivity contribution in [3.63, 3.8) is 0 Å². The molecular weight excluding hydrogens is 248 g/mol. The van der Waals surface area contributed by atoms with Gasteiger partial charge in [0, 0.05) is 11.8 Å². The average molecular weight is 263 g/mol. The molecule has 1 saturated carbocycles. The number of hydrogen-bond acceptors (Lipinski definition) is 3. The van der Waals surface area contributed by atoms with Crippen LogP contribution in [0.2, 0.25) is 0 Å². The Balaban J connectivity index is 2.80. The molecule has 0 bridgehead atoms. The number of carbonyl (C=O) groups is 2. The fourth-order valence-electron chi connectivity index (χ4n) is 1.94. The monoisotopic (exact) mass is 262 g/mol. The van der Waals surface area contributed by atoms with Crippen molar-refractivity contribution in [3.8, 4) is 0 Å². The molecule has 4 heteroatoms. The van der Waals surface area contributed by atoms with Gasteiger partial charge in [0.05, 0.1) is 6.61 Å². The van der Waals surface area contributed by atoms with Crippen LogP contribution in [0, 0.1) is 5.41 Å². The van der Waals surface area contributed by atoms with Crippen LogP contribution in [-0.2, 0) is 14.3 Å². The van der Waals surface area contributed by atoms with Gasteiger partial charge in [-0.2, -0.15) is 0 Å². The van der Waals surface area contributed by atoms with Crippen molar-refractivity contribution in [1.29, 1.82) is 0 Å². The topological polar surface area (TPSA) is 43.4 Å². The minimum atomic E-state index is -0.834. The molecule has 0 aromatic carbocycles. The van der Waals surface area contributed by atoms with Gasteiger partial charge in [-0.15, -0.1) is 0 Å². The second kappa shape index (κ2) is 4.91. The number of carbonyl (C=O) groups excluding carboxylic acids is 2. The molecule has 1 atom stereocenters. The summed E-state index contributed by atoms with van der Waals surface area (Å²) in [5.41, 5.74) is -0.834. The Morgan fingerprint density at radius 2 is 2.36 bits per heavy atom. The van der Waals surface area contributed by atoms with Gasteiger partial charge in [0.1, 0.15) is 11.2 Å². The summed E-state index contributed by atoms with van der Waals surface area (Å²) in [6.07, 6.45) is 2.54. The molecule has 0 saturated heterocycles. The third-order valence-electron chi connectivity index (χ3n) is 2.73. The van der Waals surface area contributed by atoms with Crippen LogP contribution in [-0.4, -0.2) is 23.7 Å². The largest absolute Gasteiger partial charge is 0.465 e. The SMILES string of the molecule is CCOC(=O)[C@@]1(CCBr)CCCC1=O. The normalized spacial score (nSPS) is 26.6. The van der Waals surface area contributed by atoms with Crippen molar-refractivity contribution in [1.82, 2.24) is 0 Å². The van der Waals surface area contributed by atoms with E-state index in [0.29, 0.717) is 31.2 Å². The maximum absolute atomic E-state index is 11.7. The van der Waals surface area contributed by atoms with Crippen LogP contribution in [0.4, 0.5) is 0 Å². The molecule has 1 fully saturated rings. The summed E-state index contributed by atoms with van der Waals surface area (Å²) in [4.78, 5) is 23.4. The smallest absolute Gasteiger partial charge is 0.319 e. The number of ether oxygens (including phenoxy) is 1. The first-order valence-electron chi connectivity index (χ1n) is 4.94. The summed E-state index contributed by atoms with van der Waals surface area (Å²) in [6, 6.07) is 0. The zero-order valence-corrected chi connectivity index (χ0v) is 9.93. The number of rotatable bonds is 4. The predicted molar refractivity (Wildman–Crippen MR) is 56.3 cm³/mol. The van der Waals surface area contributed by atoms with Gasteiger partial charge in [-0.3, -0.25) is 9.59 Å². The van der Waals surface area contributed by atoms with Crippen LogP contribution in [0.1, 0.15) is 32.6 Å². The molecule has 0 N–H and O–H groups in total. The summed E-state index contributed by atoms with van der Waals surface area (Å²) in [7, 11) is 0. The number of ketones is 1. The number of Topliss-reactive ketones (excluding diaryl/α,β-unsaturated/α-hetero) is 1. The van der Waals surface area contributed by atoms with Crippen molar-refractivity contribution in [2.45, 2.75) is 32.6 Å². The van der Waals surface area contributed by atoms with E-state index in [4.69, 9.17) is 4.74 Å². The molecule has 0 radical (unpaired) electrons. The lowest BCUT2D eigenvalue weighted by Crippen LogP contribution is -2.37. The Hall–Kier alpha value is -0.380. The van der Waals surface area contributed by atoms with Crippen LogP contribution in [0.25, 0.3) is 0 Å². The van der Waals surface area contributed by atoms with Gasteiger partial charge in [0.25, 0.3) is 0 Å².